The van der Waals surface area contributed by atoms with E-state index in [9.17, 15) is 29.0 Å². The number of aliphatic hydroxyl groups excluding tert-OH is 1. The number of β-amino-alcohol motifs (C(OH)–C–C–N with tert-alkyl or cyclic N) is 1. The number of hydrogen-bond acceptors (Lipinski definition) is 15. The summed E-state index contributed by atoms with van der Waals surface area (Å²) >= 11 is 1.64. The fourth-order valence-electron chi connectivity index (χ4n) is 11.7. The number of thiazole rings is 1. The first-order valence-electron chi connectivity index (χ1n) is 28.1. The highest BCUT2D eigenvalue weighted by Crippen LogP contribution is 2.47. The Morgan fingerprint density at radius 3 is 2.38 bits per heavy atom. The van der Waals surface area contributed by atoms with Crippen molar-refractivity contribution >= 4 is 57.1 Å². The molecule has 11 rings (SSSR count). The lowest BCUT2D eigenvalue weighted by molar-refractivity contribution is -0.139. The summed E-state index contributed by atoms with van der Waals surface area (Å²) in [5.74, 6) is 1.01. The van der Waals surface area contributed by atoms with Gasteiger partial charge in [-0.1, -0.05) is 57.0 Å². The van der Waals surface area contributed by atoms with Crippen LogP contribution in [0.15, 0.2) is 60.2 Å². The number of ether oxygens (including phenoxy) is 2. The standard InChI is InChI=1S/C48H58F2N8O6.C13H14N2OS/c1-5-34-37(49)9-6-28-20-32(60)21-35(39(28)34)41-40(50)42-36(22-51-41)44(58-23-29-7-8-30(24-58)52-29)55-46(54-42)64-27-48(14-15-48)26-56-16-11-33(12-17-56)63-19-13-38(61)53-43(47(2,3)4)45(62)57-18-10-31(59)25-57;1-9(14-7-16)11-3-5-12(6-4-11)13-10(2)15-8-17-13/h1,6,9,20-22,29-31,33,43,52,59-60H,7-8,10-19,23-27H2,2-4H3,(H,53,61);3-9H,1-2H3,(H,14,16)/t29-,30?,31?,43?;/m0./s1. The van der Waals surface area contributed by atoms with Gasteiger partial charge in [-0.25, -0.2) is 13.8 Å². The van der Waals surface area contributed by atoms with Crippen molar-refractivity contribution in [1.82, 2.24) is 45.7 Å². The van der Waals surface area contributed by atoms with Gasteiger partial charge >= 0.3 is 6.01 Å². The number of nitrogens with one attached hydrogen (secondary N) is 3. The second-order valence-electron chi connectivity index (χ2n) is 23.6. The summed E-state index contributed by atoms with van der Waals surface area (Å²) < 4.78 is 44.6. The minimum Gasteiger partial charge on any atom is -0.508 e. The van der Waals surface area contributed by atoms with Gasteiger partial charge in [0, 0.05) is 86.9 Å². The quantitative estimate of drug-likeness (QED) is 0.0436. The number of terminal acetylenes is 1. The lowest BCUT2D eigenvalue weighted by Crippen LogP contribution is -2.54. The highest BCUT2D eigenvalue weighted by atomic mass is 32.1. The smallest absolute Gasteiger partial charge is 0.319 e. The van der Waals surface area contributed by atoms with Crippen LogP contribution >= 0.6 is 11.3 Å². The number of nitrogens with zero attached hydrogens (tertiary/aromatic N) is 7. The Labute approximate surface area is 475 Å². The zero-order valence-corrected chi connectivity index (χ0v) is 47.5. The van der Waals surface area contributed by atoms with Gasteiger partial charge in [0.1, 0.15) is 34.6 Å². The molecule has 4 aliphatic heterocycles. The van der Waals surface area contributed by atoms with E-state index in [-0.39, 0.29) is 101 Å². The van der Waals surface area contributed by atoms with Gasteiger partial charge in [-0.05, 0) is 98.9 Å². The van der Waals surface area contributed by atoms with Crippen LogP contribution in [0.3, 0.4) is 0 Å². The molecule has 20 heteroatoms. The largest absolute Gasteiger partial charge is 0.508 e. The number of piperidine rings is 1. The van der Waals surface area contributed by atoms with E-state index in [1.165, 1.54) is 34.7 Å². The summed E-state index contributed by atoms with van der Waals surface area (Å²) in [6, 6.07) is 13.7. The van der Waals surface area contributed by atoms with Crippen LogP contribution in [0.2, 0.25) is 0 Å². The molecule has 5 fully saturated rings. The normalized spacial score (nSPS) is 20.6. The van der Waals surface area contributed by atoms with Crippen LogP contribution < -0.4 is 25.6 Å². The molecule has 4 unspecified atom stereocenters. The number of anilines is 1. The topological polar surface area (TPSA) is 207 Å². The van der Waals surface area contributed by atoms with Gasteiger partial charge in [0.2, 0.25) is 18.2 Å². The number of benzene rings is 3. The Morgan fingerprint density at radius 2 is 1.74 bits per heavy atom. The molecule has 17 nitrogen and oxygen atoms in total. The van der Waals surface area contributed by atoms with Gasteiger partial charge in [0.15, 0.2) is 5.82 Å². The molecule has 5 aliphatic rings. The van der Waals surface area contributed by atoms with Gasteiger partial charge < -0.3 is 50.3 Å². The molecule has 0 spiro atoms. The monoisotopic (exact) mass is 1130 g/mol. The fraction of sp³-hybridized carbons (Fsp3) is 0.492. The number of carbonyl (C=O) groups is 3. The number of rotatable bonds is 17. The molecule has 1 saturated carbocycles. The minimum absolute atomic E-state index is 0.0146. The lowest BCUT2D eigenvalue weighted by Gasteiger charge is -2.35. The van der Waals surface area contributed by atoms with E-state index < -0.39 is 29.2 Å². The van der Waals surface area contributed by atoms with Crippen molar-refractivity contribution in [2.45, 2.75) is 122 Å². The number of amides is 3. The maximum absolute atomic E-state index is 17.0. The van der Waals surface area contributed by atoms with E-state index >= 15 is 4.39 Å². The van der Waals surface area contributed by atoms with Crippen LogP contribution in [-0.2, 0) is 19.1 Å². The summed E-state index contributed by atoms with van der Waals surface area (Å²) in [6.45, 7) is 15.0. The number of aryl methyl sites for hydroxylation is 1. The van der Waals surface area contributed by atoms with Crippen molar-refractivity contribution in [2.75, 3.05) is 63.9 Å². The first-order chi connectivity index (χ1) is 38.9. The molecule has 3 aromatic carbocycles. The van der Waals surface area contributed by atoms with E-state index in [4.69, 9.17) is 20.9 Å². The Bertz CT molecular complexity index is 3310. The SMILES string of the molecule is C#Cc1c(F)ccc2cc(O)cc(-c3ncc4c(N5CC6CC[C@@H](C5)N6)nc(OCC5(CN6CCC(OCCC(=O)NC(C(=O)N7CCC(O)C7)C(C)(C)C)CC6)CC5)nc4c3F)c12.Cc1ncsc1-c1ccc(C(C)NC=O)cc1. The third-order valence-electron chi connectivity index (χ3n) is 16.5. The average molecular weight is 1130 g/mol. The van der Waals surface area contributed by atoms with Crippen molar-refractivity contribution in [3.8, 4) is 45.8 Å². The molecule has 5 atom stereocenters. The second kappa shape index (κ2) is 24.3. The number of halogens is 2. The molecule has 81 heavy (non-hydrogen) atoms. The van der Waals surface area contributed by atoms with Crippen LogP contribution in [0.5, 0.6) is 11.8 Å². The van der Waals surface area contributed by atoms with Gasteiger partial charge in [0.05, 0.1) is 58.5 Å². The molecule has 5 N–H and O–H groups in total. The van der Waals surface area contributed by atoms with Crippen LogP contribution in [0.1, 0.15) is 102 Å². The Kier molecular flexibility index (Phi) is 17.2. The molecular weight excluding hydrogens is 1050 g/mol. The molecule has 6 aromatic rings. The highest BCUT2D eigenvalue weighted by molar-refractivity contribution is 7.13. The van der Waals surface area contributed by atoms with E-state index in [0.717, 1.165) is 75.8 Å². The number of aromatic nitrogens is 4. The molecule has 2 bridgehead atoms. The molecular formula is C61H72F2N10O7S. The number of piperazine rings is 1. The van der Waals surface area contributed by atoms with Crippen molar-refractivity contribution in [1.29, 1.82) is 0 Å². The second-order valence-corrected chi connectivity index (χ2v) is 24.4. The predicted molar refractivity (Wildman–Crippen MR) is 308 cm³/mol. The van der Waals surface area contributed by atoms with Crippen molar-refractivity contribution in [3.05, 3.63) is 88.7 Å². The molecule has 428 valence electrons. The first kappa shape index (κ1) is 57.3. The minimum atomic E-state index is -0.752. The lowest BCUT2D eigenvalue weighted by atomic mass is 9.85. The summed E-state index contributed by atoms with van der Waals surface area (Å²) in [4.78, 5) is 62.4. The summed E-state index contributed by atoms with van der Waals surface area (Å²) in [6.07, 6.45) is 13.9. The summed E-state index contributed by atoms with van der Waals surface area (Å²) in [5, 5.41) is 31.0. The Hall–Kier alpha value is -6.89. The zero-order chi connectivity index (χ0) is 57.2. The number of likely N-dealkylation sites (tertiary alicyclic amines) is 2. The van der Waals surface area contributed by atoms with Gasteiger partial charge in [-0.15, -0.1) is 17.8 Å². The van der Waals surface area contributed by atoms with Crippen LogP contribution in [0.25, 0.3) is 43.4 Å². The Morgan fingerprint density at radius 1 is 1.00 bits per heavy atom. The van der Waals surface area contributed by atoms with Gasteiger partial charge in [-0.2, -0.15) is 9.97 Å². The molecule has 4 saturated heterocycles. The number of aromatic hydroxyl groups is 1. The number of carbonyl (C=O) groups excluding carboxylic acids is 3. The maximum atomic E-state index is 17.0. The third kappa shape index (κ3) is 13.1. The number of phenols is 1. The molecule has 7 heterocycles. The van der Waals surface area contributed by atoms with E-state index in [1.54, 1.807) is 22.4 Å². The summed E-state index contributed by atoms with van der Waals surface area (Å²) in [5.41, 5.74) is 4.58. The van der Waals surface area contributed by atoms with Crippen LogP contribution in [-0.4, -0.2) is 148 Å². The number of fused-ring (bicyclic) bond motifs is 4. The predicted octanol–water partition coefficient (Wildman–Crippen LogP) is 7.83. The number of pyridine rings is 1. The van der Waals surface area contributed by atoms with Crippen molar-refractivity contribution in [2.24, 2.45) is 10.8 Å². The number of phenolic OH excluding ortho intramolecular Hbond substituents is 1. The van der Waals surface area contributed by atoms with Crippen molar-refractivity contribution in [3.63, 3.8) is 0 Å². The van der Waals surface area contributed by atoms with Gasteiger partial charge in [0.25, 0.3) is 0 Å². The first-order valence-corrected chi connectivity index (χ1v) is 29.0. The molecule has 3 amide bonds. The van der Waals surface area contributed by atoms with Crippen LogP contribution in [0, 0.1) is 41.7 Å². The van der Waals surface area contributed by atoms with Crippen molar-refractivity contribution < 1.29 is 42.9 Å². The van der Waals surface area contributed by atoms with Gasteiger partial charge in [-0.3, -0.25) is 19.4 Å². The fourth-order valence-corrected chi connectivity index (χ4v) is 12.5. The molecule has 3 aromatic heterocycles. The van der Waals surface area contributed by atoms with E-state index in [0.29, 0.717) is 49.3 Å². The average Bonchev–Trinajstić information content (AvgIpc) is 3.78. The molecule has 0 radical (unpaired) electrons. The maximum Gasteiger partial charge on any atom is 0.319 e. The zero-order valence-electron chi connectivity index (χ0n) is 46.6. The number of hydrogen-bond donors (Lipinski definition) is 5. The van der Waals surface area contributed by atoms with Crippen LogP contribution in [0.4, 0.5) is 14.6 Å². The number of aliphatic hydroxyl groups is 1. The van der Waals surface area contributed by atoms with E-state index in [2.05, 4.69) is 58.8 Å². The van der Waals surface area contributed by atoms with E-state index in [1.807, 2.05) is 52.3 Å². The summed E-state index contributed by atoms with van der Waals surface area (Å²) in [7, 11) is 0. The third-order valence-corrected chi connectivity index (χ3v) is 17.5. The Balaban J connectivity index is 0.000000370. The molecule has 1 aliphatic carbocycles. The highest BCUT2D eigenvalue weighted by Gasteiger charge is 2.46.